The average Bonchev–Trinajstić information content (AvgIpc) is 2.33. The molecule has 5 nitrogen and oxygen atoms in total. The van der Waals surface area contributed by atoms with Crippen LogP contribution in [-0.4, -0.2) is 44.9 Å². The highest BCUT2D eigenvalue weighted by molar-refractivity contribution is 5.71. The highest BCUT2D eigenvalue weighted by Crippen LogP contribution is 2.15. The molecule has 0 spiro atoms. The fourth-order valence-corrected chi connectivity index (χ4v) is 1.54. The van der Waals surface area contributed by atoms with E-state index >= 15 is 0 Å². The Kier molecular flexibility index (Phi) is 6.67. The van der Waals surface area contributed by atoms with Crippen molar-refractivity contribution in [3.8, 4) is 0 Å². The predicted octanol–water partition coefficient (Wildman–Crippen LogP) is 0.317. The molecule has 0 radical (unpaired) electrons. The molecule has 2 atom stereocenters. The number of nitrogens with one attached hydrogen (secondary N) is 3. The van der Waals surface area contributed by atoms with E-state index in [4.69, 9.17) is 4.74 Å². The van der Waals surface area contributed by atoms with Gasteiger partial charge in [0.05, 0.1) is 5.92 Å². The van der Waals surface area contributed by atoms with Crippen molar-refractivity contribution < 1.29 is 9.53 Å². The van der Waals surface area contributed by atoms with Crippen LogP contribution >= 0.6 is 0 Å². The summed E-state index contributed by atoms with van der Waals surface area (Å²) in [4.78, 5) is 11.7. The number of hydrogen-bond donors (Lipinski definition) is 3. The number of esters is 1. The van der Waals surface area contributed by atoms with Gasteiger partial charge in [-0.3, -0.25) is 15.4 Å². The van der Waals surface area contributed by atoms with E-state index in [0.29, 0.717) is 0 Å². The van der Waals surface area contributed by atoms with E-state index in [2.05, 4.69) is 16.0 Å². The first kappa shape index (κ1) is 16.4. The smallest absolute Gasteiger partial charge is 0.308 e. The van der Waals surface area contributed by atoms with E-state index in [1.807, 2.05) is 48.8 Å². The van der Waals surface area contributed by atoms with Crippen molar-refractivity contribution in [1.82, 2.24) is 16.0 Å². The van der Waals surface area contributed by atoms with Crippen LogP contribution < -0.4 is 16.0 Å². The third-order valence-corrected chi connectivity index (χ3v) is 3.23. The monoisotopic (exact) mass is 245 g/mol. The maximum absolute atomic E-state index is 11.7. The molecule has 0 aromatic rings. The van der Waals surface area contributed by atoms with Gasteiger partial charge in [0.1, 0.15) is 11.8 Å². The Hall–Kier alpha value is -0.650. The molecule has 5 heteroatoms. The van der Waals surface area contributed by atoms with Crippen molar-refractivity contribution in [2.75, 3.05) is 21.1 Å². The molecule has 0 saturated heterocycles. The molecule has 2 unspecified atom stereocenters. The Labute approximate surface area is 105 Å². The fourth-order valence-electron chi connectivity index (χ4n) is 1.54. The van der Waals surface area contributed by atoms with Gasteiger partial charge in [-0.15, -0.1) is 0 Å². The van der Waals surface area contributed by atoms with Crippen LogP contribution in [-0.2, 0) is 9.53 Å². The van der Waals surface area contributed by atoms with Gasteiger partial charge in [0, 0.05) is 6.04 Å². The van der Waals surface area contributed by atoms with Crippen LogP contribution in [0.1, 0.15) is 27.7 Å². The van der Waals surface area contributed by atoms with Gasteiger partial charge in [-0.1, -0.05) is 13.8 Å². The number of carbonyl (C=O) groups is 1. The zero-order chi connectivity index (χ0) is 13.6. The number of likely N-dealkylation sites (N-methyl/N-ethyl adjacent to an activating group) is 3. The van der Waals surface area contributed by atoms with Gasteiger partial charge in [0.2, 0.25) is 0 Å². The summed E-state index contributed by atoms with van der Waals surface area (Å²) in [5.41, 5.74) is -0.465. The highest BCUT2D eigenvalue weighted by atomic mass is 16.5. The Morgan fingerprint density at radius 2 is 1.59 bits per heavy atom. The molecular formula is C12H27N3O2. The quantitative estimate of drug-likeness (QED) is 0.445. The first-order valence-electron chi connectivity index (χ1n) is 6.08. The van der Waals surface area contributed by atoms with Gasteiger partial charge in [0.15, 0.2) is 0 Å². The van der Waals surface area contributed by atoms with Crippen LogP contribution in [0.3, 0.4) is 0 Å². The van der Waals surface area contributed by atoms with Crippen LogP contribution in [0.2, 0.25) is 0 Å². The molecule has 0 aromatic heterocycles. The second kappa shape index (κ2) is 6.93. The van der Waals surface area contributed by atoms with E-state index in [-0.39, 0.29) is 24.0 Å². The molecule has 0 heterocycles. The van der Waals surface area contributed by atoms with E-state index < -0.39 is 5.66 Å². The normalized spacial score (nSPS) is 15.8. The maximum Gasteiger partial charge on any atom is 0.308 e. The molecule has 0 aromatic carbocycles. The standard InChI is InChI=1S/C12H27N3O2/c1-8(2)11(16)17-10(9(3)13-5)12(4,14-6)15-7/h8-10,13-15H,1-7H3. The van der Waals surface area contributed by atoms with Crippen molar-refractivity contribution in [3.63, 3.8) is 0 Å². The van der Waals surface area contributed by atoms with Crippen molar-refractivity contribution in [3.05, 3.63) is 0 Å². The molecule has 0 aliphatic carbocycles. The Morgan fingerprint density at radius 3 is 1.88 bits per heavy atom. The number of carbonyl (C=O) groups excluding carboxylic acids is 1. The number of ether oxygens (including phenoxy) is 1. The summed E-state index contributed by atoms with van der Waals surface area (Å²) in [6.45, 7) is 7.63. The number of hydrogen-bond acceptors (Lipinski definition) is 5. The largest absolute Gasteiger partial charge is 0.457 e. The van der Waals surface area contributed by atoms with Gasteiger partial charge in [0.25, 0.3) is 0 Å². The molecule has 0 saturated carbocycles. The second-order valence-electron chi connectivity index (χ2n) is 4.79. The third kappa shape index (κ3) is 4.26. The summed E-state index contributed by atoms with van der Waals surface area (Å²) in [6, 6.07) is 0.0441. The van der Waals surface area contributed by atoms with E-state index in [0.717, 1.165) is 0 Å². The summed E-state index contributed by atoms with van der Waals surface area (Å²) in [7, 11) is 5.54. The lowest BCUT2D eigenvalue weighted by Gasteiger charge is -2.40. The molecule has 3 N–H and O–H groups in total. The van der Waals surface area contributed by atoms with E-state index in [9.17, 15) is 4.79 Å². The minimum Gasteiger partial charge on any atom is -0.457 e. The molecular weight excluding hydrogens is 218 g/mol. The van der Waals surface area contributed by atoms with Crippen LogP contribution in [0.5, 0.6) is 0 Å². The highest BCUT2D eigenvalue weighted by Gasteiger charge is 2.38. The topological polar surface area (TPSA) is 62.4 Å². The summed E-state index contributed by atoms with van der Waals surface area (Å²) < 4.78 is 5.59. The Balaban J connectivity index is 4.94. The number of rotatable bonds is 7. The van der Waals surface area contributed by atoms with Crippen molar-refractivity contribution in [2.45, 2.75) is 45.5 Å². The summed E-state index contributed by atoms with van der Waals surface area (Å²) in [5.74, 6) is -0.312. The van der Waals surface area contributed by atoms with E-state index in [1.54, 1.807) is 0 Å². The predicted molar refractivity (Wildman–Crippen MR) is 69.8 cm³/mol. The molecule has 0 aliphatic rings. The molecule has 0 fully saturated rings. The van der Waals surface area contributed by atoms with Gasteiger partial charge in [-0.05, 0) is 35.0 Å². The molecule has 17 heavy (non-hydrogen) atoms. The van der Waals surface area contributed by atoms with Gasteiger partial charge in [-0.2, -0.15) is 0 Å². The Bertz CT molecular complexity index is 240. The van der Waals surface area contributed by atoms with Crippen molar-refractivity contribution >= 4 is 5.97 Å². The minimum atomic E-state index is -0.465. The first-order chi connectivity index (χ1) is 7.82. The lowest BCUT2D eigenvalue weighted by molar-refractivity contribution is -0.159. The summed E-state index contributed by atoms with van der Waals surface area (Å²) >= 11 is 0. The maximum atomic E-state index is 11.7. The van der Waals surface area contributed by atoms with Gasteiger partial charge in [-0.25, -0.2) is 0 Å². The van der Waals surface area contributed by atoms with Crippen molar-refractivity contribution in [2.24, 2.45) is 5.92 Å². The van der Waals surface area contributed by atoms with E-state index in [1.165, 1.54) is 0 Å². The Morgan fingerprint density at radius 1 is 1.12 bits per heavy atom. The van der Waals surface area contributed by atoms with Crippen LogP contribution in [0.25, 0.3) is 0 Å². The molecule has 0 aliphatic heterocycles. The lowest BCUT2D eigenvalue weighted by atomic mass is 9.98. The third-order valence-electron chi connectivity index (χ3n) is 3.23. The van der Waals surface area contributed by atoms with Gasteiger partial charge < -0.3 is 10.1 Å². The molecule has 0 bridgehead atoms. The first-order valence-corrected chi connectivity index (χ1v) is 6.08. The molecule has 0 rings (SSSR count). The lowest BCUT2D eigenvalue weighted by Crippen LogP contribution is -2.66. The summed E-state index contributed by atoms with van der Waals surface area (Å²) in [6.07, 6.45) is -0.294. The fraction of sp³-hybridized carbons (Fsp3) is 0.917. The zero-order valence-electron chi connectivity index (χ0n) is 12.0. The van der Waals surface area contributed by atoms with Crippen LogP contribution in [0.15, 0.2) is 0 Å². The average molecular weight is 245 g/mol. The van der Waals surface area contributed by atoms with Crippen LogP contribution in [0, 0.1) is 5.92 Å². The zero-order valence-corrected chi connectivity index (χ0v) is 12.0. The van der Waals surface area contributed by atoms with Gasteiger partial charge >= 0.3 is 5.97 Å². The minimum absolute atomic E-state index is 0.0441. The molecule has 102 valence electrons. The summed E-state index contributed by atoms with van der Waals surface area (Å²) in [5, 5.41) is 9.45. The molecule has 0 amide bonds. The van der Waals surface area contributed by atoms with Crippen molar-refractivity contribution in [1.29, 1.82) is 0 Å². The second-order valence-corrected chi connectivity index (χ2v) is 4.79. The van der Waals surface area contributed by atoms with Crippen LogP contribution in [0.4, 0.5) is 0 Å². The SMILES string of the molecule is CNC(C)C(OC(=O)C(C)C)C(C)(NC)NC.